The van der Waals surface area contributed by atoms with Crippen molar-refractivity contribution >= 4 is 0 Å². The summed E-state index contributed by atoms with van der Waals surface area (Å²) in [6, 6.07) is 8.74. The van der Waals surface area contributed by atoms with Gasteiger partial charge in [-0.1, -0.05) is 36.8 Å². The van der Waals surface area contributed by atoms with Crippen LogP contribution < -0.4 is 5.73 Å². The van der Waals surface area contributed by atoms with Crippen molar-refractivity contribution in [1.82, 2.24) is 0 Å². The SMILES string of the molecule is Cc1ccc(C(CN)CC2(C)COC2)cc1. The van der Waals surface area contributed by atoms with E-state index in [4.69, 9.17) is 10.5 Å². The first kappa shape index (κ1) is 11.6. The molecule has 1 aliphatic heterocycles. The minimum atomic E-state index is 0.342. The monoisotopic (exact) mass is 219 g/mol. The average molecular weight is 219 g/mol. The second-order valence-corrected chi connectivity index (χ2v) is 5.35. The van der Waals surface area contributed by atoms with E-state index in [0.29, 0.717) is 11.3 Å². The Labute approximate surface area is 97.8 Å². The molecule has 1 unspecified atom stereocenters. The molecule has 0 amide bonds. The Morgan fingerprint density at radius 3 is 2.38 bits per heavy atom. The van der Waals surface area contributed by atoms with E-state index in [2.05, 4.69) is 38.1 Å². The second-order valence-electron chi connectivity index (χ2n) is 5.35. The van der Waals surface area contributed by atoms with Crippen LogP contribution in [0.5, 0.6) is 0 Å². The van der Waals surface area contributed by atoms with Crippen LogP contribution in [0.4, 0.5) is 0 Å². The van der Waals surface area contributed by atoms with E-state index < -0.39 is 0 Å². The molecule has 0 radical (unpaired) electrons. The van der Waals surface area contributed by atoms with Gasteiger partial charge >= 0.3 is 0 Å². The number of benzene rings is 1. The van der Waals surface area contributed by atoms with E-state index in [-0.39, 0.29) is 0 Å². The fourth-order valence-electron chi connectivity index (χ4n) is 2.34. The summed E-state index contributed by atoms with van der Waals surface area (Å²) in [6.45, 7) is 6.89. The summed E-state index contributed by atoms with van der Waals surface area (Å²) in [5.74, 6) is 0.467. The molecule has 1 fully saturated rings. The van der Waals surface area contributed by atoms with Crippen molar-refractivity contribution in [2.75, 3.05) is 19.8 Å². The minimum Gasteiger partial charge on any atom is -0.380 e. The largest absolute Gasteiger partial charge is 0.380 e. The van der Waals surface area contributed by atoms with Crippen LogP contribution >= 0.6 is 0 Å². The summed E-state index contributed by atoms with van der Waals surface area (Å²) in [5, 5.41) is 0. The number of aryl methyl sites for hydroxylation is 1. The van der Waals surface area contributed by atoms with E-state index in [1.807, 2.05) is 0 Å². The van der Waals surface area contributed by atoms with Crippen LogP contribution in [-0.4, -0.2) is 19.8 Å². The topological polar surface area (TPSA) is 35.2 Å². The quantitative estimate of drug-likeness (QED) is 0.844. The van der Waals surface area contributed by atoms with Crippen molar-refractivity contribution in [3.05, 3.63) is 35.4 Å². The first-order valence-corrected chi connectivity index (χ1v) is 5.97. The van der Waals surface area contributed by atoms with Crippen molar-refractivity contribution in [2.45, 2.75) is 26.2 Å². The predicted molar refractivity (Wildman–Crippen MR) is 66.5 cm³/mol. The summed E-state index contributed by atoms with van der Waals surface area (Å²) in [6.07, 6.45) is 1.13. The highest BCUT2D eigenvalue weighted by atomic mass is 16.5. The Morgan fingerprint density at radius 2 is 1.94 bits per heavy atom. The molecular weight excluding hydrogens is 198 g/mol. The first-order chi connectivity index (χ1) is 7.63. The minimum absolute atomic E-state index is 0.342. The summed E-state index contributed by atoms with van der Waals surface area (Å²) in [5.41, 5.74) is 8.90. The Bertz CT molecular complexity index is 340. The molecule has 0 aromatic heterocycles. The Hall–Kier alpha value is -0.860. The van der Waals surface area contributed by atoms with Crippen LogP contribution in [0.15, 0.2) is 24.3 Å². The van der Waals surface area contributed by atoms with Gasteiger partial charge in [-0.25, -0.2) is 0 Å². The number of hydrogen-bond donors (Lipinski definition) is 1. The zero-order chi connectivity index (χ0) is 11.6. The lowest BCUT2D eigenvalue weighted by Gasteiger charge is -2.40. The fourth-order valence-corrected chi connectivity index (χ4v) is 2.34. The van der Waals surface area contributed by atoms with Gasteiger partial charge in [0.25, 0.3) is 0 Å². The van der Waals surface area contributed by atoms with Gasteiger partial charge in [0.05, 0.1) is 13.2 Å². The molecule has 88 valence electrons. The molecule has 1 heterocycles. The van der Waals surface area contributed by atoms with Crippen LogP contribution in [0.25, 0.3) is 0 Å². The molecule has 0 spiro atoms. The molecule has 2 N–H and O–H groups in total. The Morgan fingerprint density at radius 1 is 1.31 bits per heavy atom. The number of hydrogen-bond acceptors (Lipinski definition) is 2. The summed E-state index contributed by atoms with van der Waals surface area (Å²) in [7, 11) is 0. The van der Waals surface area contributed by atoms with E-state index in [0.717, 1.165) is 26.2 Å². The molecule has 0 saturated carbocycles. The molecule has 2 heteroatoms. The molecule has 1 atom stereocenters. The molecule has 0 aliphatic carbocycles. The lowest BCUT2D eigenvalue weighted by molar-refractivity contribution is -0.108. The van der Waals surface area contributed by atoms with E-state index >= 15 is 0 Å². The van der Waals surface area contributed by atoms with Gasteiger partial charge in [-0.3, -0.25) is 0 Å². The van der Waals surface area contributed by atoms with Gasteiger partial charge < -0.3 is 10.5 Å². The van der Waals surface area contributed by atoms with Gasteiger partial charge in [0.1, 0.15) is 0 Å². The number of ether oxygens (including phenoxy) is 1. The van der Waals surface area contributed by atoms with Gasteiger partial charge in [0.15, 0.2) is 0 Å². The van der Waals surface area contributed by atoms with Crippen LogP contribution in [0.2, 0.25) is 0 Å². The van der Waals surface area contributed by atoms with Gasteiger partial charge in [0.2, 0.25) is 0 Å². The molecule has 1 aromatic rings. The maximum absolute atomic E-state index is 5.89. The highest BCUT2D eigenvalue weighted by molar-refractivity contribution is 5.25. The molecule has 2 nitrogen and oxygen atoms in total. The van der Waals surface area contributed by atoms with Crippen molar-refractivity contribution in [2.24, 2.45) is 11.1 Å². The lowest BCUT2D eigenvalue weighted by Crippen LogP contribution is -2.41. The van der Waals surface area contributed by atoms with Crippen molar-refractivity contribution in [3.63, 3.8) is 0 Å². The van der Waals surface area contributed by atoms with E-state index in [1.165, 1.54) is 11.1 Å². The molecule has 0 bridgehead atoms. The smallest absolute Gasteiger partial charge is 0.0542 e. The molecule has 16 heavy (non-hydrogen) atoms. The average Bonchev–Trinajstić information content (AvgIpc) is 2.25. The van der Waals surface area contributed by atoms with Gasteiger partial charge in [-0.2, -0.15) is 0 Å². The number of rotatable bonds is 4. The van der Waals surface area contributed by atoms with Gasteiger partial charge in [-0.05, 0) is 31.4 Å². The van der Waals surface area contributed by atoms with Crippen molar-refractivity contribution in [1.29, 1.82) is 0 Å². The van der Waals surface area contributed by atoms with E-state index in [9.17, 15) is 0 Å². The Kier molecular flexibility index (Phi) is 3.31. The summed E-state index contributed by atoms with van der Waals surface area (Å²) < 4.78 is 5.30. The number of nitrogens with two attached hydrogens (primary N) is 1. The maximum atomic E-state index is 5.89. The third-order valence-corrected chi connectivity index (χ3v) is 3.47. The summed E-state index contributed by atoms with van der Waals surface area (Å²) >= 11 is 0. The Balaban J connectivity index is 2.07. The molecule has 1 aliphatic rings. The fraction of sp³-hybridized carbons (Fsp3) is 0.571. The van der Waals surface area contributed by atoms with Crippen LogP contribution in [0.3, 0.4) is 0 Å². The van der Waals surface area contributed by atoms with Crippen LogP contribution in [-0.2, 0) is 4.74 Å². The van der Waals surface area contributed by atoms with Crippen LogP contribution in [0.1, 0.15) is 30.4 Å². The van der Waals surface area contributed by atoms with Crippen molar-refractivity contribution < 1.29 is 4.74 Å². The van der Waals surface area contributed by atoms with Gasteiger partial charge in [0, 0.05) is 5.41 Å². The molecule has 1 saturated heterocycles. The zero-order valence-electron chi connectivity index (χ0n) is 10.2. The second kappa shape index (κ2) is 4.56. The highest BCUT2D eigenvalue weighted by Crippen LogP contribution is 2.37. The predicted octanol–water partition coefficient (Wildman–Crippen LogP) is 2.46. The molecular formula is C14H21NO. The third-order valence-electron chi connectivity index (χ3n) is 3.47. The highest BCUT2D eigenvalue weighted by Gasteiger charge is 2.35. The van der Waals surface area contributed by atoms with Crippen molar-refractivity contribution in [3.8, 4) is 0 Å². The molecule has 2 rings (SSSR count). The third kappa shape index (κ3) is 2.45. The maximum Gasteiger partial charge on any atom is 0.0542 e. The van der Waals surface area contributed by atoms with E-state index in [1.54, 1.807) is 0 Å². The normalized spacial score (nSPS) is 20.2. The van der Waals surface area contributed by atoms with Crippen LogP contribution in [0, 0.1) is 12.3 Å². The lowest BCUT2D eigenvalue weighted by atomic mass is 9.77. The summed E-state index contributed by atoms with van der Waals surface area (Å²) in [4.78, 5) is 0. The van der Waals surface area contributed by atoms with Gasteiger partial charge in [-0.15, -0.1) is 0 Å². The molecule has 1 aromatic carbocycles. The zero-order valence-corrected chi connectivity index (χ0v) is 10.2. The first-order valence-electron chi connectivity index (χ1n) is 5.97. The standard InChI is InChI=1S/C14H21NO/c1-11-3-5-12(6-4-11)13(8-15)7-14(2)9-16-10-14/h3-6,13H,7-10,15H2,1-2H3.